The molecule has 0 heterocycles. The van der Waals surface area contributed by atoms with Crippen molar-refractivity contribution in [1.29, 1.82) is 0 Å². The Morgan fingerprint density at radius 3 is 2.09 bits per heavy atom. The zero-order valence-corrected chi connectivity index (χ0v) is 16.0. The van der Waals surface area contributed by atoms with Gasteiger partial charge in [0, 0.05) is 9.61 Å². The van der Waals surface area contributed by atoms with Gasteiger partial charge in [0.25, 0.3) is 0 Å². The number of nitrogens with zero attached hydrogens (tertiary/aromatic N) is 1. The molecule has 0 aliphatic heterocycles. The Labute approximate surface area is 150 Å². The van der Waals surface area contributed by atoms with E-state index >= 15 is 0 Å². The number of carbonyl (C=O) groups excluding carboxylic acids is 1. The summed E-state index contributed by atoms with van der Waals surface area (Å²) in [5, 5.41) is 9.90. The summed E-state index contributed by atoms with van der Waals surface area (Å²) in [5.41, 5.74) is -1.55. The molecule has 0 aromatic heterocycles. The maximum atomic E-state index is 12.7. The predicted octanol–water partition coefficient (Wildman–Crippen LogP) is 3.99. The minimum Gasteiger partial charge on any atom is -0.479 e. The van der Waals surface area contributed by atoms with E-state index in [1.54, 1.807) is 39.8 Å². The number of carbonyl (C=O) groups is 2. The molecule has 5 nitrogen and oxygen atoms in total. The van der Waals surface area contributed by atoms with Crippen LogP contribution in [0.3, 0.4) is 0 Å². The summed E-state index contributed by atoms with van der Waals surface area (Å²) in [6.45, 7) is 6.90. The third kappa shape index (κ3) is 3.97. The molecular formula is C17H22INO4. The van der Waals surface area contributed by atoms with Crippen molar-refractivity contribution in [2.24, 2.45) is 0 Å². The topological polar surface area (TPSA) is 66.8 Å². The van der Waals surface area contributed by atoms with E-state index in [9.17, 15) is 14.7 Å². The summed E-state index contributed by atoms with van der Waals surface area (Å²) in [6, 6.07) is 7.12. The Morgan fingerprint density at radius 2 is 1.70 bits per heavy atom. The Kier molecular flexibility index (Phi) is 4.94. The summed E-state index contributed by atoms with van der Waals surface area (Å²) < 4.78 is 6.47. The molecule has 1 atom stereocenters. The molecule has 1 aliphatic carbocycles. The first-order valence-corrected chi connectivity index (χ1v) is 8.65. The van der Waals surface area contributed by atoms with Crippen molar-refractivity contribution in [3.05, 3.63) is 33.4 Å². The lowest BCUT2D eigenvalue weighted by Crippen LogP contribution is -2.55. The molecule has 0 radical (unpaired) electrons. The molecule has 2 rings (SSSR count). The first-order valence-electron chi connectivity index (χ1n) is 7.57. The van der Waals surface area contributed by atoms with E-state index in [0.717, 1.165) is 16.4 Å². The number of halogens is 1. The second kappa shape index (κ2) is 6.30. The maximum Gasteiger partial charge on any atom is 0.411 e. The van der Waals surface area contributed by atoms with Crippen molar-refractivity contribution in [3.63, 3.8) is 0 Å². The number of amides is 1. The molecule has 0 spiro atoms. The number of carboxylic acid groups (broad SMARTS) is 1. The molecule has 1 aliphatic rings. The van der Waals surface area contributed by atoms with E-state index in [2.05, 4.69) is 22.6 Å². The molecule has 0 saturated heterocycles. The van der Waals surface area contributed by atoms with Gasteiger partial charge in [0.2, 0.25) is 0 Å². The quantitative estimate of drug-likeness (QED) is 0.733. The summed E-state index contributed by atoms with van der Waals surface area (Å²) >= 11 is 2.16. The van der Waals surface area contributed by atoms with Gasteiger partial charge in [-0.3, -0.25) is 4.90 Å². The summed E-state index contributed by atoms with van der Waals surface area (Å²) in [6.07, 6.45) is 1.02. The molecule has 0 bridgehead atoms. The zero-order valence-electron chi connectivity index (χ0n) is 13.8. The fourth-order valence-electron chi connectivity index (χ4n) is 2.48. The van der Waals surface area contributed by atoms with Crippen molar-refractivity contribution >= 4 is 34.7 Å². The van der Waals surface area contributed by atoms with Gasteiger partial charge >= 0.3 is 12.1 Å². The van der Waals surface area contributed by atoms with E-state index in [1.165, 1.54) is 4.90 Å². The van der Waals surface area contributed by atoms with E-state index in [4.69, 9.17) is 4.74 Å². The van der Waals surface area contributed by atoms with Gasteiger partial charge in [-0.25, -0.2) is 9.59 Å². The first-order chi connectivity index (χ1) is 10.6. The smallest absolute Gasteiger partial charge is 0.411 e. The second-order valence-corrected chi connectivity index (χ2v) is 8.21. The van der Waals surface area contributed by atoms with Gasteiger partial charge in [0.1, 0.15) is 5.60 Å². The SMILES string of the molecule is CC(C)(C)OC(=O)N(C1CC1)C(C)(C(=O)O)c1ccc(I)cc1. The van der Waals surface area contributed by atoms with E-state index in [1.807, 2.05) is 12.1 Å². The zero-order chi connectivity index (χ0) is 17.4. The highest BCUT2D eigenvalue weighted by Gasteiger charge is 2.51. The van der Waals surface area contributed by atoms with Crippen LogP contribution in [0, 0.1) is 3.57 Å². The monoisotopic (exact) mass is 431 g/mol. The van der Waals surface area contributed by atoms with Gasteiger partial charge in [-0.15, -0.1) is 0 Å². The molecule has 23 heavy (non-hydrogen) atoms. The number of hydrogen-bond acceptors (Lipinski definition) is 3. The predicted molar refractivity (Wildman–Crippen MR) is 95.2 cm³/mol. The Balaban J connectivity index is 2.45. The summed E-state index contributed by atoms with van der Waals surface area (Å²) in [7, 11) is 0. The van der Waals surface area contributed by atoms with Crippen LogP contribution >= 0.6 is 22.6 Å². The maximum absolute atomic E-state index is 12.7. The second-order valence-electron chi connectivity index (χ2n) is 6.97. The van der Waals surface area contributed by atoms with Crippen LogP contribution in [0.2, 0.25) is 0 Å². The molecule has 1 unspecified atom stereocenters. The normalized spacial score (nSPS) is 17.3. The van der Waals surface area contributed by atoms with Crippen molar-refractivity contribution < 1.29 is 19.4 Å². The molecule has 126 valence electrons. The molecule has 1 saturated carbocycles. The van der Waals surface area contributed by atoms with Crippen LogP contribution in [0.1, 0.15) is 46.1 Å². The van der Waals surface area contributed by atoms with Gasteiger partial charge in [-0.2, -0.15) is 0 Å². The van der Waals surface area contributed by atoms with Gasteiger partial charge < -0.3 is 9.84 Å². The first kappa shape index (κ1) is 18.0. The standard InChI is InChI=1S/C17H22INO4/c1-16(2,3)23-15(22)19(13-9-10-13)17(4,14(20)21)11-5-7-12(18)8-6-11/h5-8,13H,9-10H2,1-4H3,(H,20,21). The molecule has 1 amide bonds. The average molecular weight is 431 g/mol. The fraction of sp³-hybridized carbons (Fsp3) is 0.529. The van der Waals surface area contributed by atoms with Crippen molar-refractivity contribution in [2.45, 2.75) is 57.7 Å². The van der Waals surface area contributed by atoms with Gasteiger partial charge in [-0.05, 0) is 80.8 Å². The Morgan fingerprint density at radius 1 is 1.17 bits per heavy atom. The van der Waals surface area contributed by atoms with Crippen molar-refractivity contribution in [3.8, 4) is 0 Å². The Hall–Kier alpha value is -1.31. The lowest BCUT2D eigenvalue weighted by molar-refractivity contribution is -0.151. The summed E-state index contributed by atoms with van der Waals surface area (Å²) in [4.78, 5) is 26.2. The van der Waals surface area contributed by atoms with E-state index in [0.29, 0.717) is 5.56 Å². The highest BCUT2D eigenvalue weighted by Crippen LogP contribution is 2.40. The molecule has 6 heteroatoms. The highest BCUT2D eigenvalue weighted by atomic mass is 127. The lowest BCUT2D eigenvalue weighted by Gasteiger charge is -2.39. The molecular weight excluding hydrogens is 409 g/mol. The van der Waals surface area contributed by atoms with Crippen molar-refractivity contribution in [2.75, 3.05) is 0 Å². The number of ether oxygens (including phenoxy) is 1. The van der Waals surface area contributed by atoms with E-state index < -0.39 is 23.2 Å². The van der Waals surface area contributed by atoms with Gasteiger partial charge in [0.05, 0.1) is 0 Å². The molecule has 1 aromatic rings. The Bertz CT molecular complexity index is 604. The van der Waals surface area contributed by atoms with Crippen molar-refractivity contribution in [1.82, 2.24) is 4.90 Å². The number of carboxylic acids is 1. The third-order valence-electron chi connectivity index (χ3n) is 3.81. The van der Waals surface area contributed by atoms with Crippen LogP contribution in [0.4, 0.5) is 4.79 Å². The largest absolute Gasteiger partial charge is 0.479 e. The van der Waals surface area contributed by atoms with Crippen LogP contribution < -0.4 is 0 Å². The van der Waals surface area contributed by atoms with Crippen LogP contribution in [0.5, 0.6) is 0 Å². The minimum atomic E-state index is -1.45. The fourth-order valence-corrected chi connectivity index (χ4v) is 2.84. The average Bonchev–Trinajstić information content (AvgIpc) is 3.21. The number of rotatable bonds is 4. The highest BCUT2D eigenvalue weighted by molar-refractivity contribution is 14.1. The van der Waals surface area contributed by atoms with Gasteiger partial charge in [0.15, 0.2) is 5.54 Å². The molecule has 1 fully saturated rings. The molecule has 1 aromatic carbocycles. The third-order valence-corrected chi connectivity index (χ3v) is 4.53. The van der Waals surface area contributed by atoms with Crippen LogP contribution in [0.15, 0.2) is 24.3 Å². The lowest BCUT2D eigenvalue weighted by atomic mass is 9.90. The summed E-state index contributed by atoms with van der Waals surface area (Å²) in [5.74, 6) is -1.06. The van der Waals surface area contributed by atoms with E-state index in [-0.39, 0.29) is 6.04 Å². The number of hydrogen-bond donors (Lipinski definition) is 1. The van der Waals surface area contributed by atoms with Crippen LogP contribution in [-0.4, -0.2) is 33.7 Å². The number of benzene rings is 1. The minimum absolute atomic E-state index is 0.0924. The van der Waals surface area contributed by atoms with Crippen LogP contribution in [0.25, 0.3) is 0 Å². The molecule has 1 N–H and O–H groups in total. The number of aliphatic carboxylic acids is 1. The van der Waals surface area contributed by atoms with Gasteiger partial charge in [-0.1, -0.05) is 12.1 Å². The van der Waals surface area contributed by atoms with Crippen LogP contribution in [-0.2, 0) is 15.1 Å².